The number of hydrogen-bond acceptors (Lipinski definition) is 7. The first-order chi connectivity index (χ1) is 16.7. The van der Waals surface area contributed by atoms with E-state index in [-0.39, 0.29) is 30.3 Å². The minimum absolute atomic E-state index is 0.0856. The van der Waals surface area contributed by atoms with Crippen LogP contribution < -0.4 is 0 Å². The lowest BCUT2D eigenvalue weighted by Gasteiger charge is -2.41. The number of hydrogen-bond donors (Lipinski definition) is 0. The lowest BCUT2D eigenvalue weighted by Crippen LogP contribution is -2.50. The van der Waals surface area contributed by atoms with Crippen molar-refractivity contribution < 1.29 is 14.3 Å². The monoisotopic (exact) mass is 478 g/mol. The Balaban J connectivity index is 1.31. The van der Waals surface area contributed by atoms with Crippen LogP contribution >= 0.6 is 11.3 Å². The van der Waals surface area contributed by atoms with Crippen LogP contribution in [0.2, 0.25) is 0 Å². The average molecular weight is 479 g/mol. The standard InChI is InChI=1S/C26H30N4O3S/c31-22(30(18-9-3-1-4-10-18)19-11-5-2-6-12-19)17-33-26(32)24-23(27-15-16-28-24)25-29-20-13-7-8-14-21(20)34-25/h7-8,13-16,18-19H,1-6,9-12,17H2. The normalized spacial score (nSPS) is 17.5. The van der Waals surface area contributed by atoms with Crippen LogP contribution in [0.15, 0.2) is 36.7 Å². The van der Waals surface area contributed by atoms with Crippen LogP contribution in [-0.2, 0) is 9.53 Å². The Hall–Kier alpha value is -2.87. The second-order valence-corrected chi connectivity index (χ2v) is 10.2. The van der Waals surface area contributed by atoms with Gasteiger partial charge < -0.3 is 9.64 Å². The van der Waals surface area contributed by atoms with Crippen LogP contribution in [0, 0.1) is 0 Å². The lowest BCUT2D eigenvalue weighted by atomic mass is 9.88. The van der Waals surface area contributed by atoms with Crippen LogP contribution in [0.5, 0.6) is 0 Å². The first kappa shape index (κ1) is 22.9. The van der Waals surface area contributed by atoms with E-state index in [2.05, 4.69) is 19.9 Å². The fourth-order valence-corrected chi connectivity index (χ4v) is 6.27. The van der Waals surface area contributed by atoms with Crippen molar-refractivity contribution in [1.29, 1.82) is 0 Å². The van der Waals surface area contributed by atoms with E-state index in [0.29, 0.717) is 10.7 Å². The Morgan fingerprint density at radius 2 is 1.56 bits per heavy atom. The van der Waals surface area contributed by atoms with Crippen molar-refractivity contribution in [2.75, 3.05) is 6.61 Å². The molecule has 0 bridgehead atoms. The van der Waals surface area contributed by atoms with E-state index in [9.17, 15) is 9.59 Å². The molecule has 0 radical (unpaired) electrons. The first-order valence-corrected chi connectivity index (χ1v) is 13.2. The summed E-state index contributed by atoms with van der Waals surface area (Å²) in [5.74, 6) is -0.722. The van der Waals surface area contributed by atoms with E-state index in [1.807, 2.05) is 24.3 Å². The van der Waals surface area contributed by atoms with Crippen molar-refractivity contribution in [2.24, 2.45) is 0 Å². The molecule has 0 spiro atoms. The third-order valence-corrected chi connectivity index (χ3v) is 7.98. The van der Waals surface area contributed by atoms with E-state index in [1.54, 1.807) is 0 Å². The van der Waals surface area contributed by atoms with Gasteiger partial charge in [0.1, 0.15) is 10.7 Å². The molecule has 3 aromatic rings. The molecule has 2 aliphatic carbocycles. The van der Waals surface area contributed by atoms with Gasteiger partial charge in [-0.25, -0.2) is 19.7 Å². The molecule has 0 atom stereocenters. The first-order valence-electron chi connectivity index (χ1n) is 12.4. The molecule has 0 saturated heterocycles. The molecular formula is C26H30N4O3S. The molecule has 2 heterocycles. The summed E-state index contributed by atoms with van der Waals surface area (Å²) in [5.41, 5.74) is 1.33. The van der Waals surface area contributed by atoms with Crippen molar-refractivity contribution in [3.05, 3.63) is 42.4 Å². The second-order valence-electron chi connectivity index (χ2n) is 9.20. The van der Waals surface area contributed by atoms with Crippen molar-refractivity contribution in [3.63, 3.8) is 0 Å². The molecule has 34 heavy (non-hydrogen) atoms. The molecule has 2 saturated carbocycles. The van der Waals surface area contributed by atoms with E-state index < -0.39 is 5.97 Å². The quantitative estimate of drug-likeness (QED) is 0.441. The van der Waals surface area contributed by atoms with E-state index in [0.717, 1.165) is 61.6 Å². The highest BCUT2D eigenvalue weighted by Crippen LogP contribution is 2.32. The van der Waals surface area contributed by atoms with Crippen molar-refractivity contribution >= 4 is 33.4 Å². The van der Waals surface area contributed by atoms with Gasteiger partial charge in [0.2, 0.25) is 0 Å². The number of fused-ring (bicyclic) bond motifs is 1. The predicted octanol–water partition coefficient (Wildman–Crippen LogP) is 5.40. The number of aromatic nitrogens is 3. The molecule has 0 unspecified atom stereocenters. The zero-order chi connectivity index (χ0) is 23.3. The Labute approximate surface area is 203 Å². The van der Waals surface area contributed by atoms with Crippen LogP contribution in [0.1, 0.15) is 74.7 Å². The summed E-state index contributed by atoms with van der Waals surface area (Å²) in [6.07, 6.45) is 14.3. The molecule has 2 aliphatic rings. The largest absolute Gasteiger partial charge is 0.451 e. The predicted molar refractivity (Wildman–Crippen MR) is 132 cm³/mol. The van der Waals surface area contributed by atoms with Gasteiger partial charge >= 0.3 is 5.97 Å². The fraction of sp³-hybridized carbons (Fsp3) is 0.500. The van der Waals surface area contributed by atoms with Gasteiger partial charge in [-0.1, -0.05) is 50.7 Å². The second kappa shape index (κ2) is 10.6. The smallest absolute Gasteiger partial charge is 0.359 e. The molecule has 178 valence electrons. The lowest BCUT2D eigenvalue weighted by molar-refractivity contribution is -0.141. The zero-order valence-electron chi connectivity index (χ0n) is 19.3. The summed E-state index contributed by atoms with van der Waals surface area (Å²) in [5, 5.41) is 0.610. The van der Waals surface area contributed by atoms with Crippen molar-refractivity contribution in [3.8, 4) is 10.7 Å². The highest BCUT2D eigenvalue weighted by molar-refractivity contribution is 7.21. The van der Waals surface area contributed by atoms with E-state index >= 15 is 0 Å². The van der Waals surface area contributed by atoms with Gasteiger partial charge in [-0.2, -0.15) is 0 Å². The molecule has 2 aromatic heterocycles. The van der Waals surface area contributed by atoms with E-state index in [4.69, 9.17) is 4.74 Å². The van der Waals surface area contributed by atoms with Crippen LogP contribution in [-0.4, -0.2) is 50.4 Å². The number of esters is 1. The average Bonchev–Trinajstić information content (AvgIpc) is 3.33. The minimum atomic E-state index is -0.636. The molecular weight excluding hydrogens is 448 g/mol. The number of amides is 1. The maximum absolute atomic E-state index is 13.4. The molecule has 2 fully saturated rings. The van der Waals surface area contributed by atoms with Crippen molar-refractivity contribution in [2.45, 2.75) is 76.3 Å². The summed E-state index contributed by atoms with van der Waals surface area (Å²) < 4.78 is 6.54. The summed E-state index contributed by atoms with van der Waals surface area (Å²) in [4.78, 5) is 41.6. The number of ether oxygens (including phenoxy) is 1. The number of nitrogens with zero attached hydrogens (tertiary/aromatic N) is 4. The SMILES string of the molecule is O=C(OCC(=O)N(C1CCCCC1)C1CCCCC1)c1nccnc1-c1nc2ccccc2s1. The minimum Gasteiger partial charge on any atom is -0.451 e. The number of thiazole rings is 1. The summed E-state index contributed by atoms with van der Waals surface area (Å²) in [7, 11) is 0. The van der Waals surface area contributed by atoms with Crippen LogP contribution in [0.3, 0.4) is 0 Å². The number of para-hydroxylation sites is 1. The number of carbonyl (C=O) groups excluding carboxylic acids is 2. The van der Waals surface area contributed by atoms with Gasteiger partial charge in [0.15, 0.2) is 12.3 Å². The molecule has 7 nitrogen and oxygen atoms in total. The Bertz CT molecular complexity index is 1100. The highest BCUT2D eigenvalue weighted by Gasteiger charge is 2.33. The maximum atomic E-state index is 13.4. The summed E-state index contributed by atoms with van der Waals surface area (Å²) in [6, 6.07) is 8.30. The van der Waals surface area contributed by atoms with Gasteiger partial charge in [-0.05, 0) is 37.8 Å². The number of rotatable bonds is 6. The molecule has 0 aliphatic heterocycles. The number of carbonyl (C=O) groups is 2. The third kappa shape index (κ3) is 4.97. The Morgan fingerprint density at radius 1 is 0.912 bits per heavy atom. The molecule has 1 aromatic carbocycles. The van der Waals surface area contributed by atoms with Crippen molar-refractivity contribution in [1.82, 2.24) is 19.9 Å². The third-order valence-electron chi connectivity index (χ3n) is 6.94. The fourth-order valence-electron chi connectivity index (χ4n) is 5.31. The Morgan fingerprint density at radius 3 is 2.24 bits per heavy atom. The van der Waals surface area contributed by atoms with Gasteiger partial charge in [0, 0.05) is 24.5 Å². The number of benzene rings is 1. The summed E-state index contributed by atoms with van der Waals surface area (Å²) in [6.45, 7) is -0.262. The molecule has 1 amide bonds. The molecule has 0 N–H and O–H groups in total. The van der Waals surface area contributed by atoms with Crippen LogP contribution in [0.25, 0.3) is 20.9 Å². The van der Waals surface area contributed by atoms with E-state index in [1.165, 1.54) is 36.6 Å². The Kier molecular flexibility index (Phi) is 7.13. The van der Waals surface area contributed by atoms with Gasteiger partial charge in [0.05, 0.1) is 10.2 Å². The topological polar surface area (TPSA) is 85.3 Å². The molecule has 8 heteroatoms. The van der Waals surface area contributed by atoms with Gasteiger partial charge in [0.25, 0.3) is 5.91 Å². The summed E-state index contributed by atoms with van der Waals surface area (Å²) >= 11 is 1.45. The molecule has 5 rings (SSSR count). The zero-order valence-corrected chi connectivity index (χ0v) is 20.1. The van der Waals surface area contributed by atoms with Gasteiger partial charge in [-0.15, -0.1) is 11.3 Å². The highest BCUT2D eigenvalue weighted by atomic mass is 32.1. The maximum Gasteiger partial charge on any atom is 0.359 e. The van der Waals surface area contributed by atoms with Gasteiger partial charge in [-0.3, -0.25) is 4.79 Å². The van der Waals surface area contributed by atoms with Crippen LogP contribution in [0.4, 0.5) is 0 Å².